The van der Waals surface area contributed by atoms with E-state index in [-0.39, 0.29) is 108 Å². The molecule has 25 nitrogen and oxygen atoms in total. The third kappa shape index (κ3) is 20.3. The molecule has 21 N–H and O–H groups in total. The number of benzene rings is 2. The number of nitrogens with one attached hydrogen (secondary N) is 9. The minimum absolute atomic E-state index is 0.00362. The monoisotopic (exact) mass is 1100 g/mol. The van der Waals surface area contributed by atoms with E-state index >= 15 is 0 Å². The van der Waals surface area contributed by atoms with E-state index in [4.69, 9.17) is 34.4 Å². The van der Waals surface area contributed by atoms with E-state index in [1.807, 2.05) is 6.07 Å². The Morgan fingerprint density at radius 3 is 1.92 bits per heavy atom. The third-order valence-corrected chi connectivity index (χ3v) is 12.5. The number of carbonyl (C=O) groups is 8. The molecule has 78 heavy (non-hydrogen) atoms. The summed E-state index contributed by atoms with van der Waals surface area (Å²) >= 11 is 0. The first kappa shape index (κ1) is 62.1. The molecule has 0 spiro atoms. The van der Waals surface area contributed by atoms with Crippen molar-refractivity contribution in [3.05, 3.63) is 83.7 Å². The number of para-hydroxylation sites is 1. The molecule has 1 unspecified atom stereocenters. The molecular weight excluding hydrogens is 1020 g/mol. The molecule has 1 aliphatic rings. The number of carbonyl (C=O) groups excluding carboxylic acids is 8. The number of aromatic nitrogens is 1. The van der Waals surface area contributed by atoms with Gasteiger partial charge in [0.05, 0.1) is 11.6 Å². The number of aromatic amines is 1. The van der Waals surface area contributed by atoms with Crippen LogP contribution in [0.4, 0.5) is 13.2 Å². The maximum absolute atomic E-state index is 14.7. The van der Waals surface area contributed by atoms with Crippen molar-refractivity contribution in [3.63, 3.8) is 0 Å². The number of aliphatic imine (C=N–C) groups is 2. The number of nitrogens with zero attached hydrogens (tertiary/aromatic N) is 2. The van der Waals surface area contributed by atoms with Gasteiger partial charge in [-0.05, 0) is 81.2 Å². The zero-order valence-electron chi connectivity index (χ0n) is 43.3. The number of hydrogen-bond acceptors (Lipinski definition) is 12. The fraction of sp³-hybridized carbons (Fsp3) is 0.480. The number of fused-ring (bicyclic) bond motifs is 1. The Kier molecular flexibility index (Phi) is 24.2. The van der Waals surface area contributed by atoms with Crippen molar-refractivity contribution in [1.82, 2.24) is 47.5 Å². The van der Waals surface area contributed by atoms with Crippen LogP contribution in [0.2, 0.25) is 0 Å². The van der Waals surface area contributed by atoms with Gasteiger partial charge in [0.25, 0.3) is 0 Å². The highest BCUT2D eigenvalue weighted by Gasteiger charge is 2.37. The molecule has 1 fully saturated rings. The van der Waals surface area contributed by atoms with E-state index in [0.717, 1.165) is 36.0 Å². The van der Waals surface area contributed by atoms with Gasteiger partial charge in [-0.3, -0.25) is 48.3 Å². The van der Waals surface area contributed by atoms with Crippen LogP contribution in [0.3, 0.4) is 0 Å². The lowest BCUT2D eigenvalue weighted by Gasteiger charge is -2.28. The van der Waals surface area contributed by atoms with Gasteiger partial charge in [-0.25, -0.2) is 0 Å². The predicted octanol–water partition coefficient (Wildman–Crippen LogP) is -2.00. The second kappa shape index (κ2) is 30.3. The summed E-state index contributed by atoms with van der Waals surface area (Å²) in [7, 11) is 0. The van der Waals surface area contributed by atoms with Gasteiger partial charge in [-0.1, -0.05) is 43.0 Å². The number of halogens is 3. The van der Waals surface area contributed by atoms with Crippen LogP contribution in [-0.2, 0) is 57.4 Å². The maximum atomic E-state index is 14.7. The molecule has 1 aliphatic heterocycles. The molecule has 8 amide bonds. The Balaban J connectivity index is 1.82. The molecule has 4 rings (SSSR count). The predicted molar refractivity (Wildman–Crippen MR) is 285 cm³/mol. The molecule has 2 aromatic carbocycles. The van der Waals surface area contributed by atoms with Gasteiger partial charge in [-0.2, -0.15) is 13.2 Å². The fourth-order valence-electron chi connectivity index (χ4n) is 8.51. The minimum atomic E-state index is -4.93. The van der Waals surface area contributed by atoms with Crippen LogP contribution >= 0.6 is 0 Å². The highest BCUT2D eigenvalue weighted by molar-refractivity contribution is 5.98. The summed E-state index contributed by atoms with van der Waals surface area (Å²) in [4.78, 5) is 123. The lowest BCUT2D eigenvalue weighted by atomic mass is 9.98. The molecule has 28 heteroatoms. The molecule has 0 aliphatic carbocycles. The summed E-state index contributed by atoms with van der Waals surface area (Å²) in [5.74, 6) is -7.46. The van der Waals surface area contributed by atoms with Crippen molar-refractivity contribution in [2.45, 2.75) is 126 Å². The highest BCUT2D eigenvalue weighted by Crippen LogP contribution is 2.32. The summed E-state index contributed by atoms with van der Waals surface area (Å²) in [5, 5.41) is 21.5. The van der Waals surface area contributed by atoms with Crippen molar-refractivity contribution in [2.75, 3.05) is 26.2 Å². The average molecular weight is 1100 g/mol. The Labute approximate surface area is 448 Å². The smallest absolute Gasteiger partial charge is 0.401 e. The van der Waals surface area contributed by atoms with Crippen molar-refractivity contribution in [3.8, 4) is 0 Å². The summed E-state index contributed by atoms with van der Waals surface area (Å²) in [5.41, 5.74) is 33.8. The Hall–Kier alpha value is -8.43. The van der Waals surface area contributed by atoms with Gasteiger partial charge < -0.3 is 81.9 Å². The molecule has 7 atom stereocenters. The van der Waals surface area contributed by atoms with E-state index in [2.05, 4.69) is 64.1 Å². The van der Waals surface area contributed by atoms with Crippen LogP contribution in [0.15, 0.2) is 77.0 Å². The normalized spacial score (nSPS) is 21.0. The van der Waals surface area contributed by atoms with Crippen molar-refractivity contribution in [1.29, 1.82) is 0 Å². The van der Waals surface area contributed by atoms with E-state index < -0.39 is 113 Å². The standard InChI is InChI=1S/C50H72F3N17O8/c1-27(55)33-14-7-21-60-41(72)18-17-37(67-42(73)35(64-28(2)71)15-8-22-61-48(56)57)44(75)68-38(19-20-54)45(76)69-39(24-29-10-3-5-12-32(29)50(51,52)53)47(78)66-36(16-9-23-62-49(58)59)43(74)70-40(46(77)65-33)25-30-26-63-34-13-6-4-11-31(30)34/h3-6,10-13,26,33,35-40,63H,1,7-9,14-25,54-55H2,2H3,(H,60,72)(H,64,71)(H,65,77)(H,66,78)(H,67,73)(H,68,75)(H,69,76)(H,70,74)(H4,56,57,61)(H4,58,59,62)/t33?,35-,36-,37-,38-,39+,40-/m0/s1. The molecule has 426 valence electrons. The van der Waals surface area contributed by atoms with Crippen LogP contribution in [0.25, 0.3) is 10.9 Å². The average Bonchev–Trinajstić information content (AvgIpc) is 3.80. The zero-order valence-corrected chi connectivity index (χ0v) is 43.3. The van der Waals surface area contributed by atoms with E-state index in [9.17, 15) is 51.5 Å². The number of rotatable bonds is 18. The number of amides is 8. The first-order valence-electron chi connectivity index (χ1n) is 25.3. The molecule has 2 heterocycles. The van der Waals surface area contributed by atoms with Gasteiger partial charge in [0.15, 0.2) is 11.9 Å². The number of nitrogens with two attached hydrogens (primary N) is 6. The molecule has 1 aromatic heterocycles. The number of hydrogen-bond donors (Lipinski definition) is 15. The van der Waals surface area contributed by atoms with Gasteiger partial charge >= 0.3 is 6.18 Å². The molecule has 3 aromatic rings. The second-order valence-corrected chi connectivity index (χ2v) is 18.6. The lowest BCUT2D eigenvalue weighted by Crippen LogP contribution is -2.60. The third-order valence-electron chi connectivity index (χ3n) is 12.5. The Morgan fingerprint density at radius 1 is 0.731 bits per heavy atom. The largest absolute Gasteiger partial charge is 0.416 e. The molecular formula is C50H72F3N17O8. The number of guanidine groups is 2. The number of H-pyrrole nitrogens is 1. The van der Waals surface area contributed by atoms with Gasteiger partial charge in [0, 0.05) is 68.6 Å². The molecule has 0 radical (unpaired) electrons. The van der Waals surface area contributed by atoms with E-state index in [1.165, 1.54) is 6.07 Å². The Bertz CT molecular complexity index is 2650. The van der Waals surface area contributed by atoms with Crippen LogP contribution < -0.4 is 76.9 Å². The SMILES string of the molecule is C=C(N)C1CCCNC(=O)CC[C@H](NC(=O)[C@H](CCCN=C(N)N)NC(C)=O)C(=O)N[C@@H](CCN)C(=O)N[C@H](Cc2ccccc2C(F)(F)F)C(=O)N[C@@H](CCCN=C(N)N)C(=O)N[C@@H](Cc2c[nH]c3ccccc23)C(=O)N1. The summed E-state index contributed by atoms with van der Waals surface area (Å²) in [6.45, 7) is 4.79. The van der Waals surface area contributed by atoms with E-state index in [0.29, 0.717) is 5.56 Å². The number of alkyl halides is 3. The molecule has 1 saturated heterocycles. The highest BCUT2D eigenvalue weighted by atomic mass is 19.4. The maximum Gasteiger partial charge on any atom is 0.416 e. The topological polar surface area (TPSA) is 429 Å². The first-order valence-corrected chi connectivity index (χ1v) is 25.3. The summed E-state index contributed by atoms with van der Waals surface area (Å²) < 4.78 is 43.5. The quantitative estimate of drug-likeness (QED) is 0.0373. The van der Waals surface area contributed by atoms with Crippen LogP contribution in [0.1, 0.15) is 81.4 Å². The van der Waals surface area contributed by atoms with Crippen LogP contribution in [0, 0.1) is 0 Å². The second-order valence-electron chi connectivity index (χ2n) is 18.6. The zero-order chi connectivity index (χ0) is 57.5. The van der Waals surface area contributed by atoms with Gasteiger partial charge in [0.1, 0.15) is 36.3 Å². The fourth-order valence-corrected chi connectivity index (χ4v) is 8.51. The Morgan fingerprint density at radius 2 is 1.29 bits per heavy atom. The molecule has 0 saturated carbocycles. The van der Waals surface area contributed by atoms with Crippen molar-refractivity contribution >= 4 is 70.1 Å². The van der Waals surface area contributed by atoms with Crippen LogP contribution in [0.5, 0.6) is 0 Å². The first-order chi connectivity index (χ1) is 37.0. The lowest BCUT2D eigenvalue weighted by molar-refractivity contribution is -0.139. The molecule has 0 bridgehead atoms. The summed E-state index contributed by atoms with van der Waals surface area (Å²) in [6.07, 6.45) is -4.87. The minimum Gasteiger partial charge on any atom is -0.401 e. The summed E-state index contributed by atoms with van der Waals surface area (Å²) in [6, 6.07) is 1.36. The van der Waals surface area contributed by atoms with Crippen molar-refractivity contribution in [2.24, 2.45) is 44.4 Å². The van der Waals surface area contributed by atoms with Gasteiger partial charge in [0.2, 0.25) is 47.3 Å². The van der Waals surface area contributed by atoms with E-state index in [1.54, 1.807) is 24.4 Å². The van der Waals surface area contributed by atoms with Gasteiger partial charge in [-0.15, -0.1) is 0 Å². The van der Waals surface area contributed by atoms with Crippen LogP contribution in [-0.4, -0.2) is 133 Å². The van der Waals surface area contributed by atoms with Crippen molar-refractivity contribution < 1.29 is 51.5 Å².